The molecule has 4 aromatic rings. The SMILES string of the molecule is O=S(=O)(O)c1cc(N=Nc2ccc([O-])cc2)ccc1/C=C/c1ccc(N=Nc2ccc([O-])cc2)cc1S(=O)(=O)O.[Na+].[Na+]. The van der Waals surface area contributed by atoms with Crippen LogP contribution in [0.3, 0.4) is 0 Å². The first kappa shape index (κ1) is 35.4. The Morgan fingerprint density at radius 1 is 0.500 bits per heavy atom. The second kappa shape index (κ2) is 15.1. The summed E-state index contributed by atoms with van der Waals surface area (Å²) in [5, 5.41) is 38.1. The van der Waals surface area contributed by atoms with E-state index in [2.05, 4.69) is 20.5 Å². The van der Waals surface area contributed by atoms with Gasteiger partial charge in [-0.2, -0.15) is 37.3 Å². The van der Waals surface area contributed by atoms with Gasteiger partial charge < -0.3 is 10.2 Å². The third kappa shape index (κ3) is 9.91. The van der Waals surface area contributed by atoms with Gasteiger partial charge in [-0.15, -0.1) is 11.5 Å². The molecule has 0 aliphatic rings. The van der Waals surface area contributed by atoms with Crippen molar-refractivity contribution in [3.63, 3.8) is 0 Å². The third-order valence-electron chi connectivity index (χ3n) is 5.23. The maximum atomic E-state index is 12.0. The molecule has 0 atom stereocenters. The zero-order chi connectivity index (χ0) is 28.9. The molecule has 12 nitrogen and oxygen atoms in total. The number of nitrogens with zero attached hydrogens (tertiary/aromatic N) is 4. The van der Waals surface area contributed by atoms with Gasteiger partial charge in [0, 0.05) is 0 Å². The Bertz CT molecular complexity index is 1730. The molecular formula is C26H18N4Na2O8S2. The molecule has 0 spiro atoms. The molecule has 0 aliphatic heterocycles. The minimum Gasteiger partial charge on any atom is -0.872 e. The molecule has 0 saturated heterocycles. The van der Waals surface area contributed by atoms with Crippen molar-refractivity contribution >= 4 is 55.1 Å². The molecule has 0 aromatic heterocycles. The van der Waals surface area contributed by atoms with Crippen molar-refractivity contribution < 1.29 is 95.3 Å². The van der Waals surface area contributed by atoms with Crippen molar-refractivity contribution in [3.05, 3.63) is 96.1 Å². The van der Waals surface area contributed by atoms with Crippen molar-refractivity contribution in [3.8, 4) is 11.5 Å². The molecule has 204 valence electrons. The van der Waals surface area contributed by atoms with Gasteiger partial charge in [0.25, 0.3) is 20.2 Å². The van der Waals surface area contributed by atoms with Crippen LogP contribution in [-0.4, -0.2) is 25.9 Å². The van der Waals surface area contributed by atoms with E-state index in [0.29, 0.717) is 11.4 Å². The molecular weight excluding hydrogens is 606 g/mol. The maximum absolute atomic E-state index is 12.0. The third-order valence-corrected chi connectivity index (χ3v) is 7.05. The van der Waals surface area contributed by atoms with Gasteiger partial charge in [0.15, 0.2) is 0 Å². The van der Waals surface area contributed by atoms with Crippen molar-refractivity contribution in [1.82, 2.24) is 0 Å². The fourth-order valence-electron chi connectivity index (χ4n) is 3.33. The Morgan fingerprint density at radius 2 is 0.786 bits per heavy atom. The standard InChI is InChI=1S/C26H20N4O8S2.2Na/c31-23-11-7-19(8-12-23)27-29-21-5-3-17(25(15-21)39(33,34)35)1-2-18-4-6-22(16-26(18)40(36,37)38)30-28-20-9-13-24(32)14-10-20;;/h1-16,31-32H,(H,33,34,35)(H,36,37,38);;/q;2*+1/p-2/b2-1+,29-27?,30-28?;;. The number of hydrogen-bond donors (Lipinski definition) is 2. The fraction of sp³-hybridized carbons (Fsp3) is 0. The Hall–Kier alpha value is -2.76. The van der Waals surface area contributed by atoms with E-state index in [4.69, 9.17) is 0 Å². The smallest absolute Gasteiger partial charge is 0.872 e. The van der Waals surface area contributed by atoms with Gasteiger partial charge in [-0.3, -0.25) is 9.11 Å². The molecule has 4 aromatic carbocycles. The molecule has 4 rings (SSSR count). The summed E-state index contributed by atoms with van der Waals surface area (Å²) in [5.74, 6) is -0.432. The van der Waals surface area contributed by atoms with Crippen molar-refractivity contribution in [1.29, 1.82) is 0 Å². The fourth-order valence-corrected chi connectivity index (χ4v) is 4.74. The van der Waals surface area contributed by atoms with Crippen LogP contribution in [0.25, 0.3) is 12.2 Å². The predicted molar refractivity (Wildman–Crippen MR) is 142 cm³/mol. The van der Waals surface area contributed by atoms with Crippen LogP contribution in [0, 0.1) is 0 Å². The number of rotatable bonds is 8. The molecule has 0 aliphatic carbocycles. The zero-order valence-corrected chi connectivity index (χ0v) is 27.8. The summed E-state index contributed by atoms with van der Waals surface area (Å²) in [6.07, 6.45) is 2.46. The molecule has 0 unspecified atom stereocenters. The summed E-state index contributed by atoms with van der Waals surface area (Å²) < 4.78 is 67.7. The average Bonchev–Trinajstić information content (AvgIpc) is 2.90. The van der Waals surface area contributed by atoms with E-state index in [-0.39, 0.29) is 93.1 Å². The molecule has 0 heterocycles. The van der Waals surface area contributed by atoms with E-state index in [1.165, 1.54) is 84.9 Å². The van der Waals surface area contributed by atoms with Crippen LogP contribution >= 0.6 is 0 Å². The Morgan fingerprint density at radius 3 is 1.10 bits per heavy atom. The number of benzene rings is 4. The summed E-state index contributed by atoms with van der Waals surface area (Å²) in [6.45, 7) is 0. The van der Waals surface area contributed by atoms with E-state index in [9.17, 15) is 36.2 Å². The Balaban J connectivity index is 0.00000308. The second-order valence-electron chi connectivity index (χ2n) is 8.12. The van der Waals surface area contributed by atoms with Crippen LogP contribution in [0.2, 0.25) is 0 Å². The van der Waals surface area contributed by atoms with Gasteiger partial charge in [0.05, 0.1) is 22.7 Å². The van der Waals surface area contributed by atoms with E-state index in [1.807, 2.05) is 0 Å². The average molecular weight is 625 g/mol. The van der Waals surface area contributed by atoms with Crippen molar-refractivity contribution in [2.24, 2.45) is 20.5 Å². The minimum absolute atomic E-state index is 0. The first-order valence-electron chi connectivity index (χ1n) is 11.2. The van der Waals surface area contributed by atoms with Gasteiger partial charge in [-0.25, -0.2) is 0 Å². The van der Waals surface area contributed by atoms with Crippen LogP contribution in [0.15, 0.2) is 115 Å². The van der Waals surface area contributed by atoms with Crippen LogP contribution in [0.5, 0.6) is 11.5 Å². The molecule has 2 N–H and O–H groups in total. The van der Waals surface area contributed by atoms with E-state index >= 15 is 0 Å². The normalized spacial score (nSPS) is 12.0. The van der Waals surface area contributed by atoms with E-state index in [0.717, 1.165) is 12.1 Å². The Kier molecular flexibility index (Phi) is 12.7. The summed E-state index contributed by atoms with van der Waals surface area (Å²) in [7, 11) is -9.48. The van der Waals surface area contributed by atoms with Gasteiger partial charge >= 0.3 is 59.1 Å². The summed E-state index contributed by atoms with van der Waals surface area (Å²) in [5.41, 5.74) is 0.826. The molecule has 0 bridgehead atoms. The second-order valence-corrected chi connectivity index (χ2v) is 10.9. The molecule has 0 radical (unpaired) electrons. The van der Waals surface area contributed by atoms with Gasteiger partial charge in [0.2, 0.25) is 0 Å². The Labute approximate surface area is 285 Å². The van der Waals surface area contributed by atoms with Crippen molar-refractivity contribution in [2.45, 2.75) is 9.79 Å². The monoisotopic (exact) mass is 624 g/mol. The van der Waals surface area contributed by atoms with Crippen LogP contribution in [-0.2, 0) is 20.2 Å². The van der Waals surface area contributed by atoms with Crippen LogP contribution < -0.4 is 69.3 Å². The van der Waals surface area contributed by atoms with Crippen LogP contribution in [0.1, 0.15) is 11.1 Å². The molecule has 0 amide bonds. The minimum atomic E-state index is -4.74. The van der Waals surface area contributed by atoms with Crippen LogP contribution in [0.4, 0.5) is 22.7 Å². The quantitative estimate of drug-likeness (QED) is 0.111. The zero-order valence-electron chi connectivity index (χ0n) is 22.2. The van der Waals surface area contributed by atoms with E-state index in [1.54, 1.807) is 0 Å². The van der Waals surface area contributed by atoms with Gasteiger partial charge in [-0.05, 0) is 59.7 Å². The molecule has 0 fully saturated rings. The maximum Gasteiger partial charge on any atom is 1.00 e. The van der Waals surface area contributed by atoms with Gasteiger partial charge in [-0.1, -0.05) is 48.6 Å². The number of hydrogen-bond acceptors (Lipinski definition) is 10. The summed E-state index contributed by atoms with van der Waals surface area (Å²) >= 11 is 0. The molecule has 42 heavy (non-hydrogen) atoms. The first-order valence-corrected chi connectivity index (χ1v) is 14.1. The predicted octanol–water partition coefficient (Wildman–Crippen LogP) is -0.664. The molecule has 16 heteroatoms. The van der Waals surface area contributed by atoms with E-state index < -0.39 is 30.0 Å². The first-order chi connectivity index (χ1) is 18.9. The molecule has 0 saturated carbocycles. The van der Waals surface area contributed by atoms with Gasteiger partial charge in [0.1, 0.15) is 9.79 Å². The number of azo groups is 2. The summed E-state index contributed by atoms with van der Waals surface area (Å²) in [6, 6.07) is 18.4. The topological polar surface area (TPSA) is 204 Å². The summed E-state index contributed by atoms with van der Waals surface area (Å²) in [4.78, 5) is -1.06. The van der Waals surface area contributed by atoms with Crippen molar-refractivity contribution in [2.75, 3.05) is 0 Å². The largest absolute Gasteiger partial charge is 1.00 e.